The average molecular weight is 348 g/mol. The number of hydrogen-bond acceptors (Lipinski definition) is 6. The minimum Gasteiger partial charge on any atom is -0.339 e. The van der Waals surface area contributed by atoms with Gasteiger partial charge >= 0.3 is 0 Å². The summed E-state index contributed by atoms with van der Waals surface area (Å²) in [5.74, 6) is 1.47. The molecule has 1 spiro atoms. The maximum atomic E-state index is 11.3. The third kappa shape index (κ3) is 2.74. The van der Waals surface area contributed by atoms with Crippen molar-refractivity contribution < 1.29 is 12.9 Å². The zero-order chi connectivity index (χ0) is 16.9. The number of hydrogen-bond donors (Lipinski definition) is 2. The van der Waals surface area contributed by atoms with Crippen LogP contribution in [0.5, 0.6) is 0 Å². The summed E-state index contributed by atoms with van der Waals surface area (Å²) < 4.78 is 28.0. The van der Waals surface area contributed by atoms with Gasteiger partial charge in [-0.1, -0.05) is 5.16 Å². The first kappa shape index (κ1) is 15.7. The Bertz CT molecular complexity index is 854. The van der Waals surface area contributed by atoms with E-state index in [1.165, 1.54) is 18.6 Å². The molecule has 0 bridgehead atoms. The van der Waals surface area contributed by atoms with Crippen molar-refractivity contribution in [2.45, 2.75) is 43.0 Å². The molecule has 1 saturated carbocycles. The monoisotopic (exact) mass is 348 g/mol. The molecule has 2 aromatic rings. The van der Waals surface area contributed by atoms with Crippen LogP contribution < -0.4 is 10.5 Å². The van der Waals surface area contributed by atoms with Crippen molar-refractivity contribution in [3.05, 3.63) is 30.2 Å². The van der Waals surface area contributed by atoms with E-state index in [1.807, 2.05) is 0 Å². The fraction of sp³-hybridized carbons (Fsp3) is 0.500. The molecule has 8 heteroatoms. The Hall–Kier alpha value is -1.77. The van der Waals surface area contributed by atoms with Gasteiger partial charge in [-0.25, -0.2) is 13.6 Å². The van der Waals surface area contributed by atoms with Crippen molar-refractivity contribution in [2.75, 3.05) is 6.54 Å². The van der Waals surface area contributed by atoms with Gasteiger partial charge < -0.3 is 9.84 Å². The van der Waals surface area contributed by atoms with Gasteiger partial charge in [-0.05, 0) is 55.9 Å². The molecule has 1 atom stereocenters. The largest absolute Gasteiger partial charge is 0.339 e. The first-order valence-corrected chi connectivity index (χ1v) is 9.60. The Balaban J connectivity index is 1.48. The summed E-state index contributed by atoms with van der Waals surface area (Å²) in [7, 11) is -3.69. The molecule has 1 saturated heterocycles. The van der Waals surface area contributed by atoms with Crippen LogP contribution in [0.25, 0.3) is 11.4 Å². The van der Waals surface area contributed by atoms with Gasteiger partial charge in [-0.15, -0.1) is 0 Å². The third-order valence-corrected chi connectivity index (χ3v) is 6.08. The van der Waals surface area contributed by atoms with Gasteiger partial charge in [-0.3, -0.25) is 0 Å². The van der Waals surface area contributed by atoms with Gasteiger partial charge in [-0.2, -0.15) is 4.98 Å². The van der Waals surface area contributed by atoms with Crippen LogP contribution in [0.1, 0.15) is 38.0 Å². The standard InChI is InChI=1S/C16H20N4O3S/c1-10-6-16(9-18-10)7-12(8-16)15-19-14(20-23-15)11-2-4-13(5-3-11)24(17,21)22/h2-5,10,12,18H,6-9H2,1H3,(H2,17,21,22). The Kier molecular flexibility index (Phi) is 3.52. The van der Waals surface area contributed by atoms with Gasteiger partial charge in [0.2, 0.25) is 21.7 Å². The number of benzene rings is 1. The van der Waals surface area contributed by atoms with Gasteiger partial charge in [0.25, 0.3) is 0 Å². The number of nitrogens with one attached hydrogen (secondary N) is 1. The molecule has 2 fully saturated rings. The molecule has 128 valence electrons. The first-order chi connectivity index (χ1) is 11.3. The first-order valence-electron chi connectivity index (χ1n) is 8.05. The highest BCUT2D eigenvalue weighted by Gasteiger charge is 2.50. The number of nitrogens with two attached hydrogens (primary N) is 1. The van der Waals surface area contributed by atoms with Gasteiger partial charge in [0.05, 0.1) is 4.90 Å². The van der Waals surface area contributed by atoms with E-state index in [4.69, 9.17) is 9.66 Å². The van der Waals surface area contributed by atoms with Crippen LogP contribution in [-0.4, -0.2) is 31.1 Å². The number of primary sulfonamides is 1. The van der Waals surface area contributed by atoms with Crippen molar-refractivity contribution in [3.63, 3.8) is 0 Å². The van der Waals surface area contributed by atoms with Crippen LogP contribution in [0.4, 0.5) is 0 Å². The lowest BCUT2D eigenvalue weighted by Gasteiger charge is -2.43. The topological polar surface area (TPSA) is 111 Å². The minimum atomic E-state index is -3.69. The molecular formula is C16H20N4O3S. The van der Waals surface area contributed by atoms with Gasteiger partial charge in [0.1, 0.15) is 0 Å². The fourth-order valence-electron chi connectivity index (χ4n) is 3.97. The highest BCUT2D eigenvalue weighted by atomic mass is 32.2. The lowest BCUT2D eigenvalue weighted by molar-refractivity contribution is 0.102. The maximum Gasteiger partial charge on any atom is 0.238 e. The van der Waals surface area contributed by atoms with E-state index in [-0.39, 0.29) is 4.90 Å². The van der Waals surface area contributed by atoms with E-state index in [0.717, 1.165) is 19.4 Å². The summed E-state index contributed by atoms with van der Waals surface area (Å²) in [6.07, 6.45) is 3.37. The van der Waals surface area contributed by atoms with E-state index in [1.54, 1.807) is 12.1 Å². The lowest BCUT2D eigenvalue weighted by atomic mass is 9.61. The van der Waals surface area contributed by atoms with E-state index in [2.05, 4.69) is 22.4 Å². The zero-order valence-electron chi connectivity index (χ0n) is 13.4. The zero-order valence-corrected chi connectivity index (χ0v) is 14.2. The molecule has 1 aromatic carbocycles. The summed E-state index contributed by atoms with van der Waals surface area (Å²) in [5.41, 5.74) is 1.11. The predicted molar refractivity (Wildman–Crippen MR) is 87.6 cm³/mol. The fourth-order valence-corrected chi connectivity index (χ4v) is 4.48. The van der Waals surface area contributed by atoms with Crippen LogP contribution in [0, 0.1) is 5.41 Å². The minimum absolute atomic E-state index is 0.0683. The molecule has 1 aliphatic heterocycles. The van der Waals surface area contributed by atoms with Crippen LogP contribution in [-0.2, 0) is 10.0 Å². The molecular weight excluding hydrogens is 328 g/mol. The SMILES string of the molecule is CC1CC2(CN1)CC(c1nc(-c3ccc(S(N)(=O)=O)cc3)no1)C2. The van der Waals surface area contributed by atoms with Crippen molar-refractivity contribution in [2.24, 2.45) is 10.6 Å². The molecule has 1 aromatic heterocycles. The van der Waals surface area contributed by atoms with Crippen molar-refractivity contribution in [1.82, 2.24) is 15.5 Å². The van der Waals surface area contributed by atoms with E-state index < -0.39 is 10.0 Å². The number of aromatic nitrogens is 2. The summed E-state index contributed by atoms with van der Waals surface area (Å²) in [6.45, 7) is 3.29. The Morgan fingerprint density at radius 1 is 1.25 bits per heavy atom. The summed E-state index contributed by atoms with van der Waals surface area (Å²) in [4.78, 5) is 4.56. The Labute approximate surface area is 140 Å². The third-order valence-electron chi connectivity index (χ3n) is 5.16. The molecule has 3 N–H and O–H groups in total. The molecule has 2 aliphatic rings. The summed E-state index contributed by atoms with van der Waals surface area (Å²) >= 11 is 0. The second-order valence-corrected chi connectivity index (χ2v) is 8.68. The number of nitrogens with zero attached hydrogens (tertiary/aromatic N) is 2. The average Bonchev–Trinajstić information content (AvgIpc) is 3.11. The predicted octanol–water partition coefficient (Wildman–Crippen LogP) is 1.63. The molecule has 0 amide bonds. The maximum absolute atomic E-state index is 11.3. The Morgan fingerprint density at radius 3 is 2.54 bits per heavy atom. The second kappa shape index (κ2) is 5.37. The molecule has 2 heterocycles. The second-order valence-electron chi connectivity index (χ2n) is 7.12. The van der Waals surface area contributed by atoms with Crippen LogP contribution in [0.15, 0.2) is 33.7 Å². The van der Waals surface area contributed by atoms with E-state index in [0.29, 0.717) is 34.7 Å². The lowest BCUT2D eigenvalue weighted by Crippen LogP contribution is -2.37. The number of sulfonamides is 1. The van der Waals surface area contributed by atoms with E-state index in [9.17, 15) is 8.42 Å². The van der Waals surface area contributed by atoms with Crippen LogP contribution >= 0.6 is 0 Å². The van der Waals surface area contributed by atoms with Crippen molar-refractivity contribution >= 4 is 10.0 Å². The molecule has 1 aliphatic carbocycles. The smallest absolute Gasteiger partial charge is 0.238 e. The molecule has 24 heavy (non-hydrogen) atoms. The van der Waals surface area contributed by atoms with Gasteiger partial charge in [0.15, 0.2) is 0 Å². The highest BCUT2D eigenvalue weighted by molar-refractivity contribution is 7.89. The molecule has 4 rings (SSSR count). The molecule has 0 radical (unpaired) electrons. The van der Waals surface area contributed by atoms with Crippen LogP contribution in [0.3, 0.4) is 0 Å². The van der Waals surface area contributed by atoms with Crippen molar-refractivity contribution in [1.29, 1.82) is 0 Å². The normalized spacial score (nSPS) is 29.8. The number of rotatable bonds is 3. The van der Waals surface area contributed by atoms with Gasteiger partial charge in [0, 0.05) is 24.1 Å². The summed E-state index contributed by atoms with van der Waals surface area (Å²) in [5, 5.41) is 12.6. The van der Waals surface area contributed by atoms with E-state index >= 15 is 0 Å². The molecule has 1 unspecified atom stereocenters. The Morgan fingerprint density at radius 2 is 1.96 bits per heavy atom. The quantitative estimate of drug-likeness (QED) is 0.872. The van der Waals surface area contributed by atoms with Crippen molar-refractivity contribution in [3.8, 4) is 11.4 Å². The molecule has 7 nitrogen and oxygen atoms in total. The highest BCUT2D eigenvalue weighted by Crippen LogP contribution is 2.55. The summed E-state index contributed by atoms with van der Waals surface area (Å²) in [6, 6.07) is 6.76. The van der Waals surface area contributed by atoms with Crippen LogP contribution in [0.2, 0.25) is 0 Å².